The van der Waals surface area contributed by atoms with Crippen molar-refractivity contribution in [1.82, 2.24) is 9.97 Å². The van der Waals surface area contributed by atoms with Gasteiger partial charge in [0.25, 0.3) is 5.56 Å². The summed E-state index contributed by atoms with van der Waals surface area (Å²) in [4.78, 5) is 41.8. The number of amides is 1. The van der Waals surface area contributed by atoms with Gasteiger partial charge in [-0.1, -0.05) is 0 Å². The molecule has 2 fully saturated rings. The molecule has 1 spiro atoms. The van der Waals surface area contributed by atoms with Crippen LogP contribution in [0.3, 0.4) is 0 Å². The predicted octanol–water partition coefficient (Wildman–Crippen LogP) is 2.55. The lowest BCUT2D eigenvalue weighted by molar-refractivity contribution is -0.123. The number of anilines is 4. The standard InChI is InChI=1S/C27H32FN7O2/c1-32-9-3-4-19-23(32)30-26(31-24(19)36)35-12-7-27(8-13-35)22-20(28)14-18(15-21(22)33(2)25(27)37)34-10-5-17(16-29)6-11-34/h14-15,17H,3-13H2,1-2H3,(H,30,31,36). The molecule has 1 aromatic carbocycles. The highest BCUT2D eigenvalue weighted by Crippen LogP contribution is 2.50. The molecule has 10 heteroatoms. The maximum absolute atomic E-state index is 15.8. The van der Waals surface area contributed by atoms with Crippen LogP contribution in [0.1, 0.15) is 43.2 Å². The Morgan fingerprint density at radius 3 is 2.51 bits per heavy atom. The fourth-order valence-corrected chi connectivity index (χ4v) is 6.63. The van der Waals surface area contributed by atoms with Gasteiger partial charge in [-0.25, -0.2) is 4.39 Å². The molecule has 4 aliphatic heterocycles. The first-order valence-corrected chi connectivity index (χ1v) is 13.2. The Balaban J connectivity index is 1.27. The minimum Gasteiger partial charge on any atom is -0.371 e. The van der Waals surface area contributed by atoms with Crippen molar-refractivity contribution in [3.63, 3.8) is 0 Å². The van der Waals surface area contributed by atoms with Gasteiger partial charge in [0.2, 0.25) is 11.9 Å². The molecule has 2 aromatic rings. The molecule has 4 aliphatic rings. The van der Waals surface area contributed by atoms with Crippen molar-refractivity contribution in [3.05, 3.63) is 39.4 Å². The maximum atomic E-state index is 15.8. The molecule has 0 radical (unpaired) electrons. The molecule has 0 bridgehead atoms. The second-order valence-electron chi connectivity index (χ2n) is 10.9. The molecule has 1 amide bonds. The first kappa shape index (κ1) is 23.8. The average Bonchev–Trinajstić information content (AvgIpc) is 3.11. The zero-order valence-corrected chi connectivity index (χ0v) is 21.4. The summed E-state index contributed by atoms with van der Waals surface area (Å²) in [5.41, 5.74) is 1.59. The van der Waals surface area contributed by atoms with Gasteiger partial charge < -0.3 is 19.6 Å². The first-order valence-electron chi connectivity index (χ1n) is 13.2. The van der Waals surface area contributed by atoms with Crippen molar-refractivity contribution in [2.75, 3.05) is 66.4 Å². The molecule has 194 valence electrons. The van der Waals surface area contributed by atoms with Crippen LogP contribution in [-0.2, 0) is 16.6 Å². The van der Waals surface area contributed by atoms with Crippen LogP contribution in [0.15, 0.2) is 16.9 Å². The third-order valence-corrected chi connectivity index (χ3v) is 8.83. The van der Waals surface area contributed by atoms with Gasteiger partial charge in [0, 0.05) is 64.0 Å². The van der Waals surface area contributed by atoms with Crippen LogP contribution in [0.5, 0.6) is 0 Å². The topological polar surface area (TPSA) is 99.6 Å². The minimum atomic E-state index is -0.914. The predicted molar refractivity (Wildman–Crippen MR) is 140 cm³/mol. The van der Waals surface area contributed by atoms with Crippen LogP contribution in [0, 0.1) is 23.1 Å². The monoisotopic (exact) mass is 505 g/mol. The highest BCUT2D eigenvalue weighted by Gasteiger charge is 2.53. The Morgan fingerprint density at radius 2 is 1.81 bits per heavy atom. The van der Waals surface area contributed by atoms with E-state index in [-0.39, 0.29) is 23.2 Å². The number of likely N-dealkylation sites (N-methyl/N-ethyl adjacent to an activating group) is 1. The highest BCUT2D eigenvalue weighted by molar-refractivity contribution is 6.08. The number of hydrogen-bond donors (Lipinski definition) is 1. The number of aromatic nitrogens is 2. The number of carbonyl (C=O) groups is 1. The van der Waals surface area contributed by atoms with E-state index in [1.807, 2.05) is 22.9 Å². The SMILES string of the molecule is CN1CCCc2c1nc(N1CCC3(CC1)C(=O)N(C)c1cc(N4CCC(C#N)CC4)cc(F)c13)[nH]c2=O. The Bertz CT molecular complexity index is 1350. The second-order valence-corrected chi connectivity index (χ2v) is 10.9. The number of fused-ring (bicyclic) bond motifs is 3. The van der Waals surface area contributed by atoms with Gasteiger partial charge in [-0.15, -0.1) is 0 Å². The minimum absolute atomic E-state index is 0.0492. The lowest BCUT2D eigenvalue weighted by Gasteiger charge is -2.39. The Morgan fingerprint density at radius 1 is 1.08 bits per heavy atom. The summed E-state index contributed by atoms with van der Waals surface area (Å²) >= 11 is 0. The number of piperidine rings is 2. The average molecular weight is 506 g/mol. The van der Waals surface area contributed by atoms with Crippen LogP contribution >= 0.6 is 0 Å². The molecule has 37 heavy (non-hydrogen) atoms. The zero-order chi connectivity index (χ0) is 25.9. The lowest BCUT2D eigenvalue weighted by atomic mass is 9.73. The van der Waals surface area contributed by atoms with E-state index in [4.69, 9.17) is 4.98 Å². The Labute approximate surface area is 215 Å². The van der Waals surface area contributed by atoms with Gasteiger partial charge in [0.1, 0.15) is 11.6 Å². The van der Waals surface area contributed by atoms with Crippen molar-refractivity contribution in [2.24, 2.45) is 5.92 Å². The molecular weight excluding hydrogens is 473 g/mol. The van der Waals surface area contributed by atoms with Crippen molar-refractivity contribution in [3.8, 4) is 6.07 Å². The molecule has 9 nitrogen and oxygen atoms in total. The van der Waals surface area contributed by atoms with Crippen molar-refractivity contribution >= 4 is 29.0 Å². The van der Waals surface area contributed by atoms with Crippen molar-refractivity contribution in [1.29, 1.82) is 5.26 Å². The fraction of sp³-hybridized carbons (Fsp3) is 0.556. The maximum Gasteiger partial charge on any atom is 0.257 e. The molecular formula is C27H32FN7O2. The summed E-state index contributed by atoms with van der Waals surface area (Å²) < 4.78 is 15.8. The molecule has 2 saturated heterocycles. The number of benzene rings is 1. The Kier molecular flexibility index (Phi) is 5.62. The summed E-state index contributed by atoms with van der Waals surface area (Å²) in [5, 5.41) is 9.19. The molecule has 0 atom stereocenters. The molecule has 5 heterocycles. The summed E-state index contributed by atoms with van der Waals surface area (Å²) in [7, 11) is 3.68. The summed E-state index contributed by atoms with van der Waals surface area (Å²) in [5.74, 6) is 0.872. The van der Waals surface area contributed by atoms with Crippen LogP contribution in [0.25, 0.3) is 0 Å². The van der Waals surface area contributed by atoms with E-state index in [2.05, 4.69) is 16.0 Å². The summed E-state index contributed by atoms with van der Waals surface area (Å²) in [6.07, 6.45) is 4.07. The third-order valence-electron chi connectivity index (χ3n) is 8.83. The van der Waals surface area contributed by atoms with Crippen LogP contribution in [0.4, 0.5) is 27.5 Å². The van der Waals surface area contributed by atoms with E-state index in [1.165, 1.54) is 0 Å². The molecule has 1 aromatic heterocycles. The lowest BCUT2D eigenvalue weighted by Crippen LogP contribution is -2.49. The number of halogens is 1. The van der Waals surface area contributed by atoms with Gasteiger partial charge in [-0.3, -0.25) is 14.6 Å². The second kappa shape index (κ2) is 8.75. The summed E-state index contributed by atoms with van der Waals surface area (Å²) in [6, 6.07) is 5.83. The van der Waals surface area contributed by atoms with Crippen LogP contribution in [0.2, 0.25) is 0 Å². The number of carbonyl (C=O) groups excluding carboxylic acids is 1. The van der Waals surface area contributed by atoms with Crippen LogP contribution in [-0.4, -0.2) is 62.7 Å². The van der Waals surface area contributed by atoms with E-state index in [9.17, 15) is 14.9 Å². The Hall–Kier alpha value is -3.61. The van der Waals surface area contributed by atoms with Crippen molar-refractivity contribution in [2.45, 2.75) is 43.9 Å². The zero-order valence-electron chi connectivity index (χ0n) is 21.4. The smallest absolute Gasteiger partial charge is 0.257 e. The number of aromatic amines is 1. The molecule has 6 rings (SSSR count). The number of nitrogens with zero attached hydrogens (tertiary/aromatic N) is 6. The van der Waals surface area contributed by atoms with E-state index in [0.29, 0.717) is 56.2 Å². The number of H-pyrrole nitrogens is 1. The molecule has 0 unspecified atom stereocenters. The number of nitrogens with one attached hydrogen (secondary N) is 1. The summed E-state index contributed by atoms with van der Waals surface area (Å²) in [6.45, 7) is 3.26. The van der Waals surface area contributed by atoms with Gasteiger partial charge in [0.15, 0.2) is 0 Å². The van der Waals surface area contributed by atoms with Gasteiger partial charge in [-0.05, 0) is 50.7 Å². The normalized spacial score (nSPS) is 21.3. The number of hydrogen-bond acceptors (Lipinski definition) is 7. The first-order chi connectivity index (χ1) is 17.8. The van der Waals surface area contributed by atoms with Crippen LogP contribution < -0.4 is 25.2 Å². The van der Waals surface area contributed by atoms with E-state index in [1.54, 1.807) is 18.0 Å². The molecule has 0 aliphatic carbocycles. The van der Waals surface area contributed by atoms with Gasteiger partial charge >= 0.3 is 0 Å². The largest absolute Gasteiger partial charge is 0.371 e. The number of nitriles is 1. The quantitative estimate of drug-likeness (QED) is 0.670. The van der Waals surface area contributed by atoms with E-state index >= 15 is 4.39 Å². The van der Waals surface area contributed by atoms with E-state index < -0.39 is 5.41 Å². The number of rotatable bonds is 2. The molecule has 0 saturated carbocycles. The highest BCUT2D eigenvalue weighted by atomic mass is 19.1. The third kappa shape index (κ3) is 3.66. The van der Waals surface area contributed by atoms with Gasteiger partial charge in [-0.2, -0.15) is 10.2 Å². The fourth-order valence-electron chi connectivity index (χ4n) is 6.63. The van der Waals surface area contributed by atoms with Gasteiger partial charge in [0.05, 0.1) is 22.7 Å². The molecule has 1 N–H and O–H groups in total. The van der Waals surface area contributed by atoms with Crippen molar-refractivity contribution < 1.29 is 9.18 Å². The van der Waals surface area contributed by atoms with E-state index in [0.717, 1.165) is 49.3 Å².